The van der Waals surface area contributed by atoms with Crippen LogP contribution < -0.4 is 21.7 Å². The minimum absolute atomic E-state index is 0.0261. The van der Waals surface area contributed by atoms with Crippen LogP contribution in [0.1, 0.15) is 4.88 Å². The third-order valence-electron chi connectivity index (χ3n) is 2.22. The maximum atomic E-state index is 11.2. The lowest BCUT2D eigenvalue weighted by atomic mass is 10.4. The maximum Gasteiger partial charge on any atom is 0.275 e. The highest BCUT2D eigenvalue weighted by Gasteiger charge is 2.10. The number of anilines is 2. The van der Waals surface area contributed by atoms with Gasteiger partial charge in [-0.3, -0.25) is 9.78 Å². The number of nitrogens with two attached hydrogens (primary N) is 2. The van der Waals surface area contributed by atoms with Crippen LogP contribution in [0.2, 0.25) is 0 Å². The fourth-order valence-electron chi connectivity index (χ4n) is 1.27. The van der Waals surface area contributed by atoms with Crippen molar-refractivity contribution in [1.82, 2.24) is 9.97 Å². The van der Waals surface area contributed by atoms with Gasteiger partial charge in [0, 0.05) is 10.3 Å². The lowest BCUT2D eigenvalue weighted by Gasteiger charge is -2.03. The van der Waals surface area contributed by atoms with Gasteiger partial charge in [0.2, 0.25) is 16.0 Å². The van der Waals surface area contributed by atoms with Crippen molar-refractivity contribution in [1.29, 1.82) is 0 Å². The van der Waals surface area contributed by atoms with E-state index in [1.807, 2.05) is 0 Å². The van der Waals surface area contributed by atoms with Gasteiger partial charge >= 0.3 is 0 Å². The topological polar surface area (TPSA) is 144 Å². The molecule has 0 radical (unpaired) electrons. The molecule has 2 aromatic rings. The summed E-state index contributed by atoms with van der Waals surface area (Å²) < 4.78 is 22.2. The average molecular weight is 301 g/mol. The van der Waals surface area contributed by atoms with Crippen molar-refractivity contribution in [2.24, 2.45) is 5.14 Å². The summed E-state index contributed by atoms with van der Waals surface area (Å²) in [6.07, 6.45) is 1.24. The van der Waals surface area contributed by atoms with Crippen LogP contribution >= 0.6 is 11.3 Å². The van der Waals surface area contributed by atoms with E-state index in [9.17, 15) is 13.2 Å². The summed E-state index contributed by atoms with van der Waals surface area (Å²) in [4.78, 5) is 18.4. The Balaban J connectivity index is 2.08. The fourth-order valence-corrected chi connectivity index (χ4v) is 3.02. The number of thiophene rings is 1. The lowest BCUT2D eigenvalue weighted by Crippen LogP contribution is -2.15. The van der Waals surface area contributed by atoms with Gasteiger partial charge in [0.15, 0.2) is 0 Å². The molecule has 8 nitrogen and oxygen atoms in total. The summed E-state index contributed by atoms with van der Waals surface area (Å²) in [5.41, 5.74) is 4.92. The molecule has 6 N–H and O–H groups in total. The number of aromatic nitrogens is 2. The summed E-state index contributed by atoms with van der Waals surface area (Å²) in [5.74, 6) is 0.254. The standard InChI is InChI=1S/C9H11N5O3S2/c10-7-3-13-9(14-8(7)15)12-2-5-1-6(4-18-5)19(11,16)17/h1,3-4H,2,10H2,(H2,11,16,17)(H2,12,13,14,15). The van der Waals surface area contributed by atoms with Crippen LogP contribution in [0.15, 0.2) is 27.3 Å². The minimum Gasteiger partial charge on any atom is -0.393 e. The van der Waals surface area contributed by atoms with Crippen LogP contribution in [-0.2, 0) is 16.6 Å². The van der Waals surface area contributed by atoms with E-state index in [-0.39, 0.29) is 16.5 Å². The number of aromatic amines is 1. The number of hydrogen-bond donors (Lipinski definition) is 4. The molecule has 0 unspecified atom stereocenters. The second kappa shape index (κ2) is 4.99. The van der Waals surface area contributed by atoms with E-state index in [2.05, 4.69) is 15.3 Å². The molecule has 0 aromatic carbocycles. The largest absolute Gasteiger partial charge is 0.393 e. The normalized spacial score (nSPS) is 11.4. The summed E-state index contributed by atoms with van der Waals surface area (Å²) in [5, 5.41) is 9.29. The molecular formula is C9H11N5O3S2. The second-order valence-corrected chi connectivity index (χ2v) is 6.22. The zero-order valence-electron chi connectivity index (χ0n) is 9.58. The van der Waals surface area contributed by atoms with Crippen molar-refractivity contribution in [2.75, 3.05) is 11.1 Å². The molecule has 0 atom stereocenters. The Labute approximate surface area is 112 Å². The molecule has 0 aliphatic carbocycles. The highest BCUT2D eigenvalue weighted by Crippen LogP contribution is 2.18. The average Bonchev–Trinajstić information content (AvgIpc) is 2.79. The molecule has 10 heteroatoms. The molecule has 0 saturated carbocycles. The summed E-state index contributed by atoms with van der Waals surface area (Å²) >= 11 is 1.24. The van der Waals surface area contributed by atoms with Crippen molar-refractivity contribution in [3.63, 3.8) is 0 Å². The quantitative estimate of drug-likeness (QED) is 0.609. The Kier molecular flexibility index (Phi) is 3.55. The summed E-state index contributed by atoms with van der Waals surface area (Å²) in [6.45, 7) is 0.313. The number of sulfonamides is 1. The molecule has 2 rings (SSSR count). The smallest absolute Gasteiger partial charge is 0.275 e. The SMILES string of the molecule is Nc1cnc(NCc2cc(S(N)(=O)=O)cs2)[nH]c1=O. The number of nitrogen functional groups attached to an aromatic ring is 1. The predicted molar refractivity (Wildman–Crippen MR) is 72.3 cm³/mol. The predicted octanol–water partition coefficient (Wildman–Crippen LogP) is -0.327. The zero-order chi connectivity index (χ0) is 14.0. The first-order valence-electron chi connectivity index (χ1n) is 5.05. The molecule has 0 aliphatic rings. The van der Waals surface area contributed by atoms with Crippen LogP contribution in [0, 0.1) is 0 Å². The van der Waals surface area contributed by atoms with E-state index in [1.54, 1.807) is 0 Å². The number of nitrogens with zero attached hydrogens (tertiary/aromatic N) is 1. The number of nitrogens with one attached hydrogen (secondary N) is 2. The molecule has 102 valence electrons. The summed E-state index contributed by atoms with van der Waals surface area (Å²) in [7, 11) is -3.68. The van der Waals surface area contributed by atoms with Crippen molar-refractivity contribution < 1.29 is 8.42 Å². The van der Waals surface area contributed by atoms with Crippen molar-refractivity contribution in [3.05, 3.63) is 32.9 Å². The van der Waals surface area contributed by atoms with Gasteiger partial charge in [-0.2, -0.15) is 0 Å². The highest BCUT2D eigenvalue weighted by molar-refractivity contribution is 7.89. The van der Waals surface area contributed by atoms with Gasteiger partial charge in [0.25, 0.3) is 5.56 Å². The van der Waals surface area contributed by atoms with Gasteiger partial charge < -0.3 is 11.1 Å². The fraction of sp³-hybridized carbons (Fsp3) is 0.111. The minimum atomic E-state index is -3.68. The van der Waals surface area contributed by atoms with E-state index in [0.717, 1.165) is 4.88 Å². The molecule has 0 saturated heterocycles. The van der Waals surface area contributed by atoms with Gasteiger partial charge in [-0.1, -0.05) is 0 Å². The van der Waals surface area contributed by atoms with Crippen molar-refractivity contribution in [3.8, 4) is 0 Å². The Morgan fingerprint density at radius 3 is 2.79 bits per heavy atom. The number of H-pyrrole nitrogens is 1. The second-order valence-electron chi connectivity index (χ2n) is 3.66. The molecular weight excluding hydrogens is 290 g/mol. The molecule has 0 aliphatic heterocycles. The van der Waals surface area contributed by atoms with Crippen LogP contribution in [0.3, 0.4) is 0 Å². The van der Waals surface area contributed by atoms with Crippen molar-refractivity contribution >= 4 is 33.0 Å². The highest BCUT2D eigenvalue weighted by atomic mass is 32.2. The van der Waals surface area contributed by atoms with Gasteiger partial charge in [-0.25, -0.2) is 18.5 Å². The molecule has 19 heavy (non-hydrogen) atoms. The zero-order valence-corrected chi connectivity index (χ0v) is 11.2. The third-order valence-corrected chi connectivity index (χ3v) is 4.19. The van der Waals surface area contributed by atoms with Crippen LogP contribution in [0.5, 0.6) is 0 Å². The Bertz CT molecular complexity index is 749. The number of primary sulfonamides is 1. The van der Waals surface area contributed by atoms with Crippen molar-refractivity contribution in [2.45, 2.75) is 11.4 Å². The first-order chi connectivity index (χ1) is 8.86. The first kappa shape index (κ1) is 13.5. The molecule has 0 bridgehead atoms. The van der Waals surface area contributed by atoms with E-state index >= 15 is 0 Å². The molecule has 0 fully saturated rings. The molecule has 2 heterocycles. The lowest BCUT2D eigenvalue weighted by molar-refractivity contribution is 0.598. The molecule has 2 aromatic heterocycles. The Morgan fingerprint density at radius 1 is 1.47 bits per heavy atom. The van der Waals surface area contributed by atoms with E-state index < -0.39 is 15.6 Å². The van der Waals surface area contributed by atoms with Gasteiger partial charge in [-0.05, 0) is 6.07 Å². The maximum absolute atomic E-state index is 11.2. The Hall–Kier alpha value is -1.91. The molecule has 0 amide bonds. The Morgan fingerprint density at radius 2 is 2.21 bits per heavy atom. The van der Waals surface area contributed by atoms with E-state index in [0.29, 0.717) is 6.54 Å². The van der Waals surface area contributed by atoms with Gasteiger partial charge in [0.05, 0.1) is 17.6 Å². The monoisotopic (exact) mass is 301 g/mol. The first-order valence-corrected chi connectivity index (χ1v) is 7.48. The number of rotatable bonds is 4. The van der Waals surface area contributed by atoms with Crippen LogP contribution in [0.25, 0.3) is 0 Å². The van der Waals surface area contributed by atoms with Gasteiger partial charge in [0.1, 0.15) is 5.69 Å². The number of hydrogen-bond acceptors (Lipinski definition) is 7. The van der Waals surface area contributed by atoms with Crippen LogP contribution in [0.4, 0.5) is 11.6 Å². The summed E-state index contributed by atoms with van der Waals surface area (Å²) in [6, 6.07) is 1.46. The van der Waals surface area contributed by atoms with Gasteiger partial charge in [-0.15, -0.1) is 11.3 Å². The van der Waals surface area contributed by atoms with E-state index in [1.165, 1.54) is 29.0 Å². The molecule has 0 spiro atoms. The third kappa shape index (κ3) is 3.30. The van der Waals surface area contributed by atoms with E-state index in [4.69, 9.17) is 10.9 Å². The van der Waals surface area contributed by atoms with Crippen LogP contribution in [-0.4, -0.2) is 18.4 Å².